The smallest absolute Gasteiger partial charge is 0.258 e. The molecule has 1 aromatic heterocycles. The Balaban J connectivity index is 1.73. The number of nitrogens with zero attached hydrogens (tertiary/aromatic N) is 1. The van der Waals surface area contributed by atoms with Crippen molar-refractivity contribution in [1.29, 1.82) is 0 Å². The molecule has 0 aliphatic carbocycles. The molecule has 0 saturated heterocycles. The van der Waals surface area contributed by atoms with Gasteiger partial charge in [0.05, 0.1) is 5.75 Å². The lowest BCUT2D eigenvalue weighted by molar-refractivity contribution is -0.128. The predicted molar refractivity (Wildman–Crippen MR) is 91.9 cm³/mol. The summed E-state index contributed by atoms with van der Waals surface area (Å²) in [5.74, 6) is -0.625. The average Bonchev–Trinajstić information content (AvgIpc) is 2.54. The highest BCUT2D eigenvalue weighted by molar-refractivity contribution is 9.10. The highest BCUT2D eigenvalue weighted by Gasteiger charge is 2.07. The van der Waals surface area contributed by atoms with Crippen LogP contribution in [0.3, 0.4) is 0 Å². The molecule has 1 aromatic carbocycles. The molecule has 2 amide bonds. The van der Waals surface area contributed by atoms with Crippen molar-refractivity contribution < 1.29 is 9.59 Å². The summed E-state index contributed by atoms with van der Waals surface area (Å²) in [4.78, 5) is 35.8. The number of aromatic nitrogens is 1. The van der Waals surface area contributed by atoms with Crippen LogP contribution in [-0.2, 0) is 16.1 Å². The minimum atomic E-state index is -0.472. The van der Waals surface area contributed by atoms with Gasteiger partial charge in [-0.15, -0.1) is 11.8 Å². The van der Waals surface area contributed by atoms with Gasteiger partial charge in [-0.05, 0) is 30.3 Å². The Morgan fingerprint density at radius 3 is 2.43 bits per heavy atom. The molecule has 2 aromatic rings. The molecule has 0 fully saturated rings. The second-order valence-corrected chi connectivity index (χ2v) is 6.47. The van der Waals surface area contributed by atoms with Gasteiger partial charge < -0.3 is 4.57 Å². The number of carbonyl (C=O) groups excluding carboxylic acids is 2. The Labute approximate surface area is 145 Å². The molecule has 120 valence electrons. The first-order valence-corrected chi connectivity index (χ1v) is 8.44. The van der Waals surface area contributed by atoms with Crippen molar-refractivity contribution in [3.8, 4) is 0 Å². The van der Waals surface area contributed by atoms with Crippen molar-refractivity contribution in [2.75, 3.05) is 5.75 Å². The van der Waals surface area contributed by atoms with E-state index in [4.69, 9.17) is 0 Å². The molecule has 8 heteroatoms. The normalized spacial score (nSPS) is 10.1. The van der Waals surface area contributed by atoms with E-state index in [2.05, 4.69) is 26.8 Å². The van der Waals surface area contributed by atoms with E-state index >= 15 is 0 Å². The van der Waals surface area contributed by atoms with E-state index < -0.39 is 5.91 Å². The predicted octanol–water partition coefficient (Wildman–Crippen LogP) is 1.55. The third kappa shape index (κ3) is 5.91. The topological polar surface area (TPSA) is 80.2 Å². The van der Waals surface area contributed by atoms with E-state index in [1.165, 1.54) is 28.6 Å². The fourth-order valence-electron chi connectivity index (χ4n) is 1.64. The van der Waals surface area contributed by atoms with Crippen molar-refractivity contribution in [2.24, 2.45) is 0 Å². The lowest BCUT2D eigenvalue weighted by Crippen LogP contribution is -2.44. The van der Waals surface area contributed by atoms with Crippen LogP contribution < -0.4 is 16.4 Å². The monoisotopic (exact) mass is 395 g/mol. The van der Waals surface area contributed by atoms with E-state index in [-0.39, 0.29) is 23.8 Å². The maximum absolute atomic E-state index is 11.7. The summed E-state index contributed by atoms with van der Waals surface area (Å²) in [6.07, 6.45) is 1.51. The summed E-state index contributed by atoms with van der Waals surface area (Å²) >= 11 is 4.69. The molecule has 0 bridgehead atoms. The number of nitrogens with one attached hydrogen (secondary N) is 2. The minimum Gasteiger partial charge on any atom is -0.306 e. The quantitative estimate of drug-likeness (QED) is 0.594. The van der Waals surface area contributed by atoms with Crippen LogP contribution in [0.5, 0.6) is 0 Å². The summed E-state index contributed by atoms with van der Waals surface area (Å²) in [6, 6.07) is 12.2. The Bertz CT molecular complexity index is 746. The maximum atomic E-state index is 11.7. The maximum Gasteiger partial charge on any atom is 0.258 e. The lowest BCUT2D eigenvalue weighted by atomic mass is 10.4. The molecule has 1 heterocycles. The van der Waals surface area contributed by atoms with E-state index in [9.17, 15) is 14.4 Å². The van der Waals surface area contributed by atoms with Crippen LogP contribution in [0.15, 0.2) is 62.8 Å². The van der Waals surface area contributed by atoms with Crippen LogP contribution in [0.25, 0.3) is 0 Å². The highest BCUT2D eigenvalue weighted by atomic mass is 79.9. The number of hydrogen-bond donors (Lipinski definition) is 2. The summed E-state index contributed by atoms with van der Waals surface area (Å²) in [7, 11) is 0. The molecule has 23 heavy (non-hydrogen) atoms. The summed E-state index contributed by atoms with van der Waals surface area (Å²) in [6.45, 7) is -0.153. The fraction of sp³-hybridized carbons (Fsp3) is 0.133. The number of halogens is 1. The second kappa shape index (κ2) is 8.54. The van der Waals surface area contributed by atoms with Crippen LogP contribution in [0, 0.1) is 0 Å². The number of hydrogen-bond acceptors (Lipinski definition) is 4. The highest BCUT2D eigenvalue weighted by Crippen LogP contribution is 2.20. The molecule has 6 nitrogen and oxygen atoms in total. The molecule has 0 spiro atoms. The summed E-state index contributed by atoms with van der Waals surface area (Å²) < 4.78 is 2.22. The number of amides is 2. The number of carbonyl (C=O) groups is 2. The van der Waals surface area contributed by atoms with Crippen molar-refractivity contribution in [3.63, 3.8) is 0 Å². The first kappa shape index (κ1) is 17.3. The van der Waals surface area contributed by atoms with Gasteiger partial charge in [-0.2, -0.15) is 0 Å². The SMILES string of the molecule is O=C(CSc1ccc(Br)cc1)NNC(=O)Cn1ccccc1=O. The number of benzene rings is 1. The van der Waals surface area contributed by atoms with Gasteiger partial charge in [0.1, 0.15) is 6.54 Å². The van der Waals surface area contributed by atoms with Crippen LogP contribution in [0.4, 0.5) is 0 Å². The second-order valence-electron chi connectivity index (χ2n) is 4.51. The van der Waals surface area contributed by atoms with Gasteiger partial charge in [-0.1, -0.05) is 22.0 Å². The molecule has 0 atom stereocenters. The van der Waals surface area contributed by atoms with Crippen LogP contribution in [-0.4, -0.2) is 22.1 Å². The molecular weight excluding hydrogens is 382 g/mol. The van der Waals surface area contributed by atoms with Crippen molar-refractivity contribution >= 4 is 39.5 Å². The van der Waals surface area contributed by atoms with Gasteiger partial charge in [0, 0.05) is 21.6 Å². The Hall–Kier alpha value is -2.06. The van der Waals surface area contributed by atoms with E-state index in [0.717, 1.165) is 9.37 Å². The molecular formula is C15H14BrN3O3S. The number of hydrazine groups is 1. The average molecular weight is 396 g/mol. The number of pyridine rings is 1. The molecule has 2 N–H and O–H groups in total. The van der Waals surface area contributed by atoms with E-state index in [1.807, 2.05) is 24.3 Å². The van der Waals surface area contributed by atoms with Crippen molar-refractivity contribution in [3.05, 3.63) is 63.5 Å². The third-order valence-corrected chi connectivity index (χ3v) is 4.28. The largest absolute Gasteiger partial charge is 0.306 e. The zero-order valence-corrected chi connectivity index (χ0v) is 14.4. The van der Waals surface area contributed by atoms with Gasteiger partial charge in [0.15, 0.2) is 0 Å². The first-order chi connectivity index (χ1) is 11.0. The minimum absolute atomic E-state index is 0.153. The van der Waals surface area contributed by atoms with Crippen molar-refractivity contribution in [1.82, 2.24) is 15.4 Å². The zero-order valence-electron chi connectivity index (χ0n) is 12.0. The van der Waals surface area contributed by atoms with Gasteiger partial charge in [-0.3, -0.25) is 25.2 Å². The summed E-state index contributed by atoms with van der Waals surface area (Å²) in [5.41, 5.74) is 4.33. The standard InChI is InChI=1S/C15H14BrN3O3S/c16-11-4-6-12(7-5-11)23-10-14(21)18-17-13(20)9-19-8-2-1-3-15(19)22/h1-8H,9-10H2,(H,17,20)(H,18,21). The van der Waals surface area contributed by atoms with Crippen LogP contribution >= 0.6 is 27.7 Å². The van der Waals surface area contributed by atoms with E-state index in [1.54, 1.807) is 12.1 Å². The fourth-order valence-corrected chi connectivity index (χ4v) is 2.60. The van der Waals surface area contributed by atoms with Crippen LogP contribution in [0.2, 0.25) is 0 Å². The van der Waals surface area contributed by atoms with Crippen molar-refractivity contribution in [2.45, 2.75) is 11.4 Å². The lowest BCUT2D eigenvalue weighted by Gasteiger charge is -2.08. The van der Waals surface area contributed by atoms with Gasteiger partial charge in [0.25, 0.3) is 11.5 Å². The molecule has 0 aliphatic heterocycles. The molecule has 0 unspecified atom stereocenters. The Morgan fingerprint density at radius 1 is 1.04 bits per heavy atom. The zero-order chi connectivity index (χ0) is 16.7. The number of rotatable bonds is 5. The van der Waals surface area contributed by atoms with Gasteiger partial charge in [-0.25, -0.2) is 0 Å². The first-order valence-electron chi connectivity index (χ1n) is 6.66. The molecule has 0 radical (unpaired) electrons. The Kier molecular flexibility index (Phi) is 6.42. The molecule has 0 saturated carbocycles. The molecule has 2 rings (SSSR count). The summed E-state index contributed by atoms with van der Waals surface area (Å²) in [5, 5.41) is 0. The van der Waals surface area contributed by atoms with Crippen LogP contribution in [0.1, 0.15) is 0 Å². The van der Waals surface area contributed by atoms with E-state index in [0.29, 0.717) is 0 Å². The third-order valence-electron chi connectivity index (χ3n) is 2.74. The Morgan fingerprint density at radius 2 is 1.74 bits per heavy atom. The van der Waals surface area contributed by atoms with Gasteiger partial charge in [0.2, 0.25) is 5.91 Å². The van der Waals surface area contributed by atoms with Gasteiger partial charge >= 0.3 is 0 Å². The number of thioether (sulfide) groups is 1. The molecule has 0 aliphatic rings.